The molecule has 0 atom stereocenters. The lowest BCUT2D eigenvalue weighted by atomic mass is 10.2. The van der Waals surface area contributed by atoms with Gasteiger partial charge in [0.25, 0.3) is 0 Å². The Kier molecular flexibility index (Phi) is 1.79. The molecule has 0 amide bonds. The molecule has 0 aliphatic carbocycles. The van der Waals surface area contributed by atoms with Gasteiger partial charge in [0.1, 0.15) is 12.7 Å². The first-order chi connectivity index (χ1) is 7.84. The topological polar surface area (TPSA) is 76.5 Å². The quantitative estimate of drug-likeness (QED) is 0.638. The molecule has 0 unspecified atom stereocenters. The molecule has 3 rings (SSSR count). The lowest BCUT2D eigenvalue weighted by molar-refractivity contribution is 0.853. The van der Waals surface area contributed by atoms with Gasteiger partial charge in [-0.3, -0.25) is 4.79 Å². The van der Waals surface area contributed by atoms with Crippen molar-refractivity contribution in [2.24, 2.45) is 0 Å². The van der Waals surface area contributed by atoms with Crippen LogP contribution in [0, 0.1) is 0 Å². The summed E-state index contributed by atoms with van der Waals surface area (Å²) in [4.78, 5) is 22.0. The molecule has 1 N–H and O–H groups in total. The van der Waals surface area contributed by atoms with Gasteiger partial charge in [-0.1, -0.05) is 0 Å². The second kappa shape index (κ2) is 3.27. The van der Waals surface area contributed by atoms with E-state index in [2.05, 4.69) is 20.1 Å². The predicted molar refractivity (Wildman–Crippen MR) is 57.3 cm³/mol. The smallest absolute Gasteiger partial charge is 0.248 e. The minimum absolute atomic E-state index is 0.136. The molecule has 6 nitrogen and oxygen atoms in total. The normalized spacial score (nSPS) is 10.8. The average molecular weight is 213 g/mol. The van der Waals surface area contributed by atoms with Crippen molar-refractivity contribution in [2.75, 3.05) is 0 Å². The van der Waals surface area contributed by atoms with E-state index in [4.69, 9.17) is 0 Å². The van der Waals surface area contributed by atoms with E-state index in [1.54, 1.807) is 29.3 Å². The number of fused-ring (bicyclic) bond motifs is 1. The van der Waals surface area contributed by atoms with Crippen molar-refractivity contribution in [2.45, 2.75) is 0 Å². The molecule has 3 aromatic heterocycles. The van der Waals surface area contributed by atoms with Crippen molar-refractivity contribution in [1.29, 1.82) is 0 Å². The van der Waals surface area contributed by atoms with Crippen molar-refractivity contribution in [1.82, 2.24) is 24.7 Å². The van der Waals surface area contributed by atoms with Crippen LogP contribution in [-0.4, -0.2) is 24.7 Å². The number of rotatable bonds is 1. The zero-order valence-electron chi connectivity index (χ0n) is 8.16. The van der Waals surface area contributed by atoms with Gasteiger partial charge in [-0.05, 0) is 12.1 Å². The summed E-state index contributed by atoms with van der Waals surface area (Å²) in [6.07, 6.45) is 4.62. The van der Waals surface area contributed by atoms with E-state index in [0.29, 0.717) is 5.82 Å². The third-order valence-corrected chi connectivity index (χ3v) is 2.26. The summed E-state index contributed by atoms with van der Waals surface area (Å²) in [6.45, 7) is 0. The van der Waals surface area contributed by atoms with Gasteiger partial charge in [0.15, 0.2) is 5.82 Å². The van der Waals surface area contributed by atoms with Crippen LogP contribution in [0.1, 0.15) is 0 Å². The number of nitrogens with zero attached hydrogens (tertiary/aromatic N) is 4. The Hall–Kier alpha value is -2.50. The first-order valence-corrected chi connectivity index (χ1v) is 4.68. The van der Waals surface area contributed by atoms with Gasteiger partial charge < -0.3 is 4.98 Å². The van der Waals surface area contributed by atoms with Crippen molar-refractivity contribution >= 4 is 10.9 Å². The molecule has 0 aliphatic rings. The molecule has 0 aliphatic heterocycles. The van der Waals surface area contributed by atoms with Crippen LogP contribution >= 0.6 is 0 Å². The van der Waals surface area contributed by atoms with Crippen LogP contribution < -0.4 is 5.56 Å². The van der Waals surface area contributed by atoms with E-state index in [9.17, 15) is 4.79 Å². The molecule has 78 valence electrons. The molecule has 0 spiro atoms. The largest absolute Gasteiger partial charge is 0.322 e. The van der Waals surface area contributed by atoms with Crippen LogP contribution in [0.3, 0.4) is 0 Å². The fraction of sp³-hybridized carbons (Fsp3) is 0. The minimum Gasteiger partial charge on any atom is -0.322 e. The standard InChI is InChI=1S/C10H7N5O/c16-9-2-1-7-8(14-9)3-4-12-10(7)15-6-11-5-13-15/h1-6H,(H,14,16). The van der Waals surface area contributed by atoms with Crippen LogP contribution in [0.25, 0.3) is 16.7 Å². The van der Waals surface area contributed by atoms with E-state index < -0.39 is 0 Å². The zero-order valence-corrected chi connectivity index (χ0v) is 8.16. The zero-order chi connectivity index (χ0) is 11.0. The molecular formula is C10H7N5O. The van der Waals surface area contributed by atoms with Crippen molar-refractivity contribution in [3.8, 4) is 5.82 Å². The summed E-state index contributed by atoms with van der Waals surface area (Å²) in [7, 11) is 0. The highest BCUT2D eigenvalue weighted by Gasteiger charge is 2.05. The minimum atomic E-state index is -0.136. The summed E-state index contributed by atoms with van der Waals surface area (Å²) in [5.41, 5.74) is 0.594. The summed E-state index contributed by atoms with van der Waals surface area (Å²) >= 11 is 0. The van der Waals surface area contributed by atoms with Gasteiger partial charge in [-0.15, -0.1) is 0 Å². The molecule has 0 bridgehead atoms. The monoisotopic (exact) mass is 213 g/mol. The SMILES string of the molecule is O=c1ccc2c(-n3cncn3)nccc2[nH]1. The molecule has 0 aromatic carbocycles. The number of H-pyrrole nitrogens is 1. The molecular weight excluding hydrogens is 206 g/mol. The van der Waals surface area contributed by atoms with Gasteiger partial charge in [-0.25, -0.2) is 14.6 Å². The Labute approximate surface area is 89.6 Å². The highest BCUT2D eigenvalue weighted by molar-refractivity contribution is 5.84. The molecule has 0 saturated carbocycles. The summed E-state index contributed by atoms with van der Waals surface area (Å²) < 4.78 is 1.56. The number of pyridine rings is 2. The van der Waals surface area contributed by atoms with Gasteiger partial charge in [0.2, 0.25) is 5.56 Å². The van der Waals surface area contributed by atoms with Gasteiger partial charge in [0, 0.05) is 17.6 Å². The number of aromatic nitrogens is 5. The molecule has 16 heavy (non-hydrogen) atoms. The molecule has 3 heterocycles. The summed E-state index contributed by atoms with van der Waals surface area (Å²) in [5, 5.41) is 4.84. The molecule has 0 radical (unpaired) electrons. The van der Waals surface area contributed by atoms with Crippen LogP contribution in [0.5, 0.6) is 0 Å². The van der Waals surface area contributed by atoms with E-state index in [-0.39, 0.29) is 5.56 Å². The molecule has 6 heteroatoms. The first-order valence-electron chi connectivity index (χ1n) is 4.68. The van der Waals surface area contributed by atoms with Crippen LogP contribution in [-0.2, 0) is 0 Å². The van der Waals surface area contributed by atoms with Gasteiger partial charge in [-0.2, -0.15) is 5.10 Å². The van der Waals surface area contributed by atoms with Gasteiger partial charge in [0.05, 0.1) is 5.52 Å². The Balaban J connectivity index is 2.38. The van der Waals surface area contributed by atoms with Crippen molar-refractivity contribution < 1.29 is 0 Å². The van der Waals surface area contributed by atoms with E-state index in [1.807, 2.05) is 0 Å². The molecule has 0 fully saturated rings. The highest BCUT2D eigenvalue weighted by Crippen LogP contribution is 2.15. The van der Waals surface area contributed by atoms with Crippen molar-refractivity contribution in [3.63, 3.8) is 0 Å². The Morgan fingerprint density at radius 1 is 1.25 bits per heavy atom. The van der Waals surface area contributed by atoms with Crippen LogP contribution in [0.4, 0.5) is 0 Å². The number of hydrogen-bond donors (Lipinski definition) is 1. The average Bonchev–Trinajstić information content (AvgIpc) is 2.81. The second-order valence-corrected chi connectivity index (χ2v) is 3.26. The van der Waals surface area contributed by atoms with Crippen LogP contribution in [0.15, 0.2) is 41.8 Å². The second-order valence-electron chi connectivity index (χ2n) is 3.26. The van der Waals surface area contributed by atoms with E-state index >= 15 is 0 Å². The first kappa shape index (κ1) is 8.78. The van der Waals surface area contributed by atoms with E-state index in [0.717, 1.165) is 10.9 Å². The fourth-order valence-corrected chi connectivity index (χ4v) is 1.57. The third kappa shape index (κ3) is 1.28. The molecule has 0 saturated heterocycles. The lowest BCUT2D eigenvalue weighted by Crippen LogP contribution is -2.05. The van der Waals surface area contributed by atoms with Crippen LogP contribution in [0.2, 0.25) is 0 Å². The molecule has 3 aromatic rings. The predicted octanol–water partition coefficient (Wildman–Crippen LogP) is 0.504. The Morgan fingerprint density at radius 3 is 3.00 bits per heavy atom. The number of aromatic amines is 1. The Bertz CT molecular complexity index is 686. The number of nitrogens with one attached hydrogen (secondary N) is 1. The summed E-state index contributed by atoms with van der Waals surface area (Å²) in [5.74, 6) is 0.645. The maximum Gasteiger partial charge on any atom is 0.248 e. The Morgan fingerprint density at radius 2 is 2.19 bits per heavy atom. The van der Waals surface area contributed by atoms with Gasteiger partial charge >= 0.3 is 0 Å². The highest BCUT2D eigenvalue weighted by atomic mass is 16.1. The fourth-order valence-electron chi connectivity index (χ4n) is 1.57. The van der Waals surface area contributed by atoms with Crippen molar-refractivity contribution in [3.05, 3.63) is 47.4 Å². The third-order valence-electron chi connectivity index (χ3n) is 2.26. The summed E-state index contributed by atoms with van der Waals surface area (Å²) in [6, 6.07) is 4.93. The maximum absolute atomic E-state index is 11.2. The van der Waals surface area contributed by atoms with E-state index in [1.165, 1.54) is 12.4 Å². The number of hydrogen-bond acceptors (Lipinski definition) is 4. The lowest BCUT2D eigenvalue weighted by Gasteiger charge is -2.03. The maximum atomic E-state index is 11.2.